The summed E-state index contributed by atoms with van der Waals surface area (Å²) >= 11 is 0. The van der Waals surface area contributed by atoms with Crippen LogP contribution in [0.3, 0.4) is 0 Å². The molecule has 2 N–H and O–H groups in total. The van der Waals surface area contributed by atoms with Crippen molar-refractivity contribution in [3.8, 4) is 11.5 Å². The van der Waals surface area contributed by atoms with Gasteiger partial charge in [-0.3, -0.25) is 9.59 Å². The number of carbonyl (C=O) groups excluding carboxylic acids is 1. The van der Waals surface area contributed by atoms with Crippen LogP contribution in [0.15, 0.2) is 54.6 Å². The molecule has 0 aliphatic rings. The minimum Gasteiger partial charge on any atom is -0.480 e. The molecule has 0 fully saturated rings. The van der Waals surface area contributed by atoms with Gasteiger partial charge in [-0.2, -0.15) is 0 Å². The molecule has 0 bridgehead atoms. The summed E-state index contributed by atoms with van der Waals surface area (Å²) in [5.41, 5.74) is 0.760. The summed E-state index contributed by atoms with van der Waals surface area (Å²) in [5, 5.41) is 11.0. The number of aliphatic carboxylic acids is 1. The van der Waals surface area contributed by atoms with Gasteiger partial charge < -0.3 is 15.2 Å². The number of nitrogens with one attached hydrogen (secondary N) is 1. The fourth-order valence-corrected chi connectivity index (χ4v) is 1.94. The molecule has 0 spiro atoms. The maximum absolute atomic E-state index is 11.9. The van der Waals surface area contributed by atoms with Crippen LogP contribution in [0.1, 0.15) is 18.4 Å². The summed E-state index contributed by atoms with van der Waals surface area (Å²) in [6.07, 6.45) is 0. The number of carbonyl (C=O) groups is 2. The fraction of sp³-hybridized carbons (Fsp3) is 0.176. The lowest BCUT2D eigenvalue weighted by Crippen LogP contribution is -2.32. The fourth-order valence-electron chi connectivity index (χ4n) is 1.94. The highest BCUT2D eigenvalue weighted by Crippen LogP contribution is 2.25. The zero-order valence-corrected chi connectivity index (χ0v) is 12.2. The highest BCUT2D eigenvalue weighted by atomic mass is 16.5. The van der Waals surface area contributed by atoms with E-state index in [-0.39, 0.29) is 12.5 Å². The average molecular weight is 299 g/mol. The van der Waals surface area contributed by atoms with Crippen LogP contribution in [0.25, 0.3) is 0 Å². The highest BCUT2D eigenvalue weighted by Gasteiger charge is 2.16. The second-order valence-corrected chi connectivity index (χ2v) is 4.82. The third-order valence-corrected chi connectivity index (χ3v) is 3.14. The van der Waals surface area contributed by atoms with Crippen molar-refractivity contribution in [3.05, 3.63) is 60.2 Å². The van der Waals surface area contributed by atoms with Crippen LogP contribution < -0.4 is 10.1 Å². The van der Waals surface area contributed by atoms with Crippen molar-refractivity contribution < 1.29 is 19.4 Å². The summed E-state index contributed by atoms with van der Waals surface area (Å²) in [7, 11) is 0. The first-order chi connectivity index (χ1) is 10.6. The molecule has 5 heteroatoms. The lowest BCUT2D eigenvalue weighted by Gasteiger charge is -2.13. The minimum atomic E-state index is -1.07. The van der Waals surface area contributed by atoms with Crippen molar-refractivity contribution in [1.29, 1.82) is 0 Å². The summed E-state index contributed by atoms with van der Waals surface area (Å²) < 4.78 is 5.72. The number of para-hydroxylation sites is 1. The number of carboxylic acid groups (broad SMARTS) is 1. The highest BCUT2D eigenvalue weighted by molar-refractivity contribution is 5.86. The molecule has 114 valence electrons. The minimum absolute atomic E-state index is 0.334. The number of carboxylic acids is 1. The Labute approximate surface area is 128 Å². The van der Waals surface area contributed by atoms with Gasteiger partial charge in [0.1, 0.15) is 18.0 Å². The molecule has 2 rings (SSSR count). The zero-order valence-electron chi connectivity index (χ0n) is 12.2. The predicted octanol–water partition coefficient (Wildman–Crippen LogP) is 2.78. The van der Waals surface area contributed by atoms with E-state index in [4.69, 9.17) is 9.84 Å². The van der Waals surface area contributed by atoms with Crippen molar-refractivity contribution in [2.24, 2.45) is 0 Å². The smallest absolute Gasteiger partial charge is 0.322 e. The molecular weight excluding hydrogens is 282 g/mol. The van der Waals surface area contributed by atoms with Crippen molar-refractivity contribution >= 4 is 11.9 Å². The second-order valence-electron chi connectivity index (χ2n) is 4.82. The quantitative estimate of drug-likeness (QED) is 0.860. The monoisotopic (exact) mass is 299 g/mol. The van der Waals surface area contributed by atoms with E-state index in [0.29, 0.717) is 11.5 Å². The molecule has 1 amide bonds. The van der Waals surface area contributed by atoms with Gasteiger partial charge in [0.25, 0.3) is 0 Å². The maximum Gasteiger partial charge on any atom is 0.322 e. The first kappa shape index (κ1) is 15.6. The summed E-state index contributed by atoms with van der Waals surface area (Å²) in [5.74, 6) is -0.524. The van der Waals surface area contributed by atoms with E-state index in [1.54, 1.807) is 25.1 Å². The maximum atomic E-state index is 11.9. The Kier molecular flexibility index (Phi) is 5.14. The molecule has 0 aromatic heterocycles. The van der Waals surface area contributed by atoms with Crippen LogP contribution in [0.2, 0.25) is 0 Å². The Hall–Kier alpha value is -2.82. The van der Waals surface area contributed by atoms with Gasteiger partial charge in [0.2, 0.25) is 5.91 Å². The normalized spacial score (nSPS) is 11.5. The molecule has 0 saturated heterocycles. The van der Waals surface area contributed by atoms with E-state index in [9.17, 15) is 9.59 Å². The van der Waals surface area contributed by atoms with E-state index in [2.05, 4.69) is 5.32 Å². The molecule has 22 heavy (non-hydrogen) atoms. The van der Waals surface area contributed by atoms with E-state index < -0.39 is 11.9 Å². The summed E-state index contributed by atoms with van der Waals surface area (Å²) in [4.78, 5) is 22.4. The zero-order chi connectivity index (χ0) is 15.9. The Morgan fingerprint density at radius 2 is 1.77 bits per heavy atom. The third-order valence-electron chi connectivity index (χ3n) is 3.14. The Morgan fingerprint density at radius 3 is 2.45 bits per heavy atom. The number of hydrogen-bond donors (Lipinski definition) is 2. The summed E-state index contributed by atoms with van der Waals surface area (Å²) in [6, 6.07) is 16.5. The first-order valence-corrected chi connectivity index (χ1v) is 6.88. The largest absolute Gasteiger partial charge is 0.480 e. The third kappa shape index (κ3) is 4.34. The predicted molar refractivity (Wildman–Crippen MR) is 82.0 cm³/mol. The van der Waals surface area contributed by atoms with Crippen LogP contribution in [0.5, 0.6) is 11.5 Å². The van der Waals surface area contributed by atoms with Crippen molar-refractivity contribution in [3.63, 3.8) is 0 Å². The van der Waals surface area contributed by atoms with Gasteiger partial charge in [-0.05, 0) is 36.8 Å². The van der Waals surface area contributed by atoms with Gasteiger partial charge >= 0.3 is 5.97 Å². The number of ether oxygens (including phenoxy) is 1. The van der Waals surface area contributed by atoms with Crippen molar-refractivity contribution in [2.45, 2.75) is 12.8 Å². The number of benzene rings is 2. The Morgan fingerprint density at radius 1 is 1.09 bits per heavy atom. The standard InChI is InChI=1S/C17H17NO4/c1-12(17(21)18-11-16(19)20)13-6-5-9-15(10-13)22-14-7-3-2-4-8-14/h2-10,12H,11H2,1H3,(H,18,21)(H,19,20)/t12-/m1/s1. The molecule has 5 nitrogen and oxygen atoms in total. The van der Waals surface area contributed by atoms with Crippen LogP contribution in [0.4, 0.5) is 0 Å². The molecule has 0 heterocycles. The van der Waals surface area contributed by atoms with Gasteiger partial charge in [-0.1, -0.05) is 30.3 Å². The van der Waals surface area contributed by atoms with Crippen LogP contribution >= 0.6 is 0 Å². The van der Waals surface area contributed by atoms with Crippen LogP contribution in [-0.2, 0) is 9.59 Å². The molecule has 2 aromatic rings. The molecule has 0 radical (unpaired) electrons. The van der Waals surface area contributed by atoms with Gasteiger partial charge in [-0.25, -0.2) is 0 Å². The van der Waals surface area contributed by atoms with Gasteiger partial charge in [0, 0.05) is 0 Å². The van der Waals surface area contributed by atoms with Gasteiger partial charge in [-0.15, -0.1) is 0 Å². The van der Waals surface area contributed by atoms with E-state index in [1.165, 1.54) is 0 Å². The number of amides is 1. The SMILES string of the molecule is C[C@@H](C(=O)NCC(=O)O)c1cccc(Oc2ccccc2)c1. The molecule has 2 aromatic carbocycles. The molecule has 0 saturated carbocycles. The first-order valence-electron chi connectivity index (χ1n) is 6.88. The molecule has 0 aliphatic carbocycles. The number of hydrogen-bond acceptors (Lipinski definition) is 3. The average Bonchev–Trinajstić information content (AvgIpc) is 2.53. The summed E-state index contributed by atoms with van der Waals surface area (Å²) in [6.45, 7) is 1.34. The second kappa shape index (κ2) is 7.26. The molecule has 0 unspecified atom stereocenters. The Bertz CT molecular complexity index is 655. The lowest BCUT2D eigenvalue weighted by molar-refractivity contribution is -0.138. The topological polar surface area (TPSA) is 75.6 Å². The molecule has 1 atom stereocenters. The van der Waals surface area contributed by atoms with Crippen LogP contribution in [-0.4, -0.2) is 23.5 Å². The lowest BCUT2D eigenvalue weighted by atomic mass is 10.00. The number of rotatable bonds is 6. The molecule has 0 aliphatic heterocycles. The van der Waals surface area contributed by atoms with Gasteiger partial charge in [0.05, 0.1) is 5.92 Å². The van der Waals surface area contributed by atoms with Crippen molar-refractivity contribution in [1.82, 2.24) is 5.32 Å². The Balaban J connectivity index is 2.07. The van der Waals surface area contributed by atoms with E-state index >= 15 is 0 Å². The molecular formula is C17H17NO4. The van der Waals surface area contributed by atoms with Crippen LogP contribution in [0, 0.1) is 0 Å². The van der Waals surface area contributed by atoms with Gasteiger partial charge in [0.15, 0.2) is 0 Å². The van der Waals surface area contributed by atoms with E-state index in [0.717, 1.165) is 5.56 Å². The van der Waals surface area contributed by atoms with Crippen molar-refractivity contribution in [2.75, 3.05) is 6.54 Å². The van der Waals surface area contributed by atoms with E-state index in [1.807, 2.05) is 36.4 Å².